The Bertz CT molecular complexity index is 848. The number of carbonyl (C=O) groups is 3. The van der Waals surface area contributed by atoms with Crippen molar-refractivity contribution in [3.05, 3.63) is 29.8 Å². The van der Waals surface area contributed by atoms with E-state index < -0.39 is 39.2 Å². The molecule has 1 aliphatic rings. The van der Waals surface area contributed by atoms with E-state index in [1.54, 1.807) is 32.9 Å². The normalized spacial score (nSPS) is 20.6. The molecule has 0 aromatic heterocycles. The molecule has 0 amide bonds. The highest BCUT2D eigenvalue weighted by Gasteiger charge is 2.59. The molecule has 1 aromatic carbocycles. The minimum Gasteiger partial charge on any atom is -0.465 e. The molecule has 2 rings (SSSR count). The van der Waals surface area contributed by atoms with E-state index in [1.165, 1.54) is 12.1 Å². The number of carbonyl (C=O) groups excluding carboxylic acids is 3. The maximum atomic E-state index is 12.9. The number of nitrogens with one attached hydrogen (secondary N) is 1. The van der Waals surface area contributed by atoms with E-state index in [4.69, 9.17) is 9.47 Å². The molecule has 1 N–H and O–H groups in total. The topological polar surface area (TPSA) is 116 Å². The molecule has 0 aliphatic heterocycles. The van der Waals surface area contributed by atoms with Crippen molar-refractivity contribution in [3.63, 3.8) is 0 Å². The number of sulfonamides is 1. The average molecular weight is 411 g/mol. The van der Waals surface area contributed by atoms with Crippen LogP contribution >= 0.6 is 0 Å². The Labute approximate surface area is 164 Å². The Hall–Kier alpha value is -2.26. The summed E-state index contributed by atoms with van der Waals surface area (Å²) in [4.78, 5) is 38.0. The molecule has 0 heterocycles. The molecule has 1 saturated carbocycles. The number of ketones is 1. The molecule has 8 nitrogen and oxygen atoms in total. The summed E-state index contributed by atoms with van der Waals surface area (Å²) in [5.74, 6) is -2.43. The van der Waals surface area contributed by atoms with Crippen molar-refractivity contribution in [2.24, 2.45) is 5.41 Å². The summed E-state index contributed by atoms with van der Waals surface area (Å²) in [6.45, 7) is 4.89. The summed E-state index contributed by atoms with van der Waals surface area (Å²) in [6.07, 6.45) is 0.408. The van der Waals surface area contributed by atoms with Crippen LogP contribution in [-0.4, -0.2) is 45.4 Å². The van der Waals surface area contributed by atoms with Gasteiger partial charge in [-0.15, -0.1) is 0 Å². The molecule has 0 saturated heterocycles. The van der Waals surface area contributed by atoms with Crippen LogP contribution in [0.15, 0.2) is 29.2 Å². The summed E-state index contributed by atoms with van der Waals surface area (Å²) in [7, 11) is -4.20. The number of hydrogen-bond acceptors (Lipinski definition) is 7. The van der Waals surface area contributed by atoms with Crippen molar-refractivity contribution in [1.29, 1.82) is 0 Å². The van der Waals surface area contributed by atoms with E-state index in [0.717, 1.165) is 5.56 Å². The minimum atomic E-state index is -4.20. The maximum absolute atomic E-state index is 12.9. The zero-order valence-corrected chi connectivity index (χ0v) is 17.0. The van der Waals surface area contributed by atoms with Crippen LogP contribution in [0.1, 0.15) is 38.7 Å². The third-order valence-corrected chi connectivity index (χ3v) is 6.17. The van der Waals surface area contributed by atoms with Crippen LogP contribution in [0.4, 0.5) is 0 Å². The Morgan fingerprint density at radius 1 is 1.14 bits per heavy atom. The van der Waals surface area contributed by atoms with Gasteiger partial charge in [-0.1, -0.05) is 17.7 Å². The van der Waals surface area contributed by atoms with Gasteiger partial charge in [0.05, 0.1) is 18.1 Å². The summed E-state index contributed by atoms with van der Waals surface area (Å²) in [5, 5.41) is 0. The van der Waals surface area contributed by atoms with Crippen LogP contribution in [0.2, 0.25) is 0 Å². The second-order valence-electron chi connectivity index (χ2n) is 6.59. The van der Waals surface area contributed by atoms with Gasteiger partial charge in [0.25, 0.3) is 0 Å². The zero-order valence-electron chi connectivity index (χ0n) is 16.2. The van der Waals surface area contributed by atoms with Crippen LogP contribution in [0.3, 0.4) is 0 Å². The predicted octanol–water partition coefficient (Wildman–Crippen LogP) is 1.51. The van der Waals surface area contributed by atoms with Gasteiger partial charge in [0, 0.05) is 6.42 Å². The minimum absolute atomic E-state index is 0.00453. The number of esters is 2. The molecule has 1 aromatic rings. The first kappa shape index (κ1) is 22.0. The van der Waals surface area contributed by atoms with Gasteiger partial charge >= 0.3 is 11.9 Å². The van der Waals surface area contributed by atoms with Crippen molar-refractivity contribution < 1.29 is 32.3 Å². The van der Waals surface area contributed by atoms with E-state index >= 15 is 0 Å². The van der Waals surface area contributed by atoms with Crippen molar-refractivity contribution in [2.45, 2.75) is 51.0 Å². The van der Waals surface area contributed by atoms with Crippen molar-refractivity contribution >= 4 is 27.7 Å². The summed E-state index contributed by atoms with van der Waals surface area (Å²) in [6, 6.07) is 4.28. The summed E-state index contributed by atoms with van der Waals surface area (Å²) < 4.78 is 38.0. The smallest absolute Gasteiger partial charge is 0.325 e. The van der Waals surface area contributed by atoms with E-state index in [-0.39, 0.29) is 31.0 Å². The molecular weight excluding hydrogens is 386 g/mol. The van der Waals surface area contributed by atoms with Crippen LogP contribution < -0.4 is 4.72 Å². The van der Waals surface area contributed by atoms with Gasteiger partial charge in [0.15, 0.2) is 11.2 Å². The van der Waals surface area contributed by atoms with Gasteiger partial charge < -0.3 is 9.47 Å². The average Bonchev–Trinajstić information content (AvgIpc) is 3.02. The quantitative estimate of drug-likeness (QED) is 0.509. The first-order valence-electron chi connectivity index (χ1n) is 9.15. The third-order valence-electron chi connectivity index (χ3n) is 4.73. The third kappa shape index (κ3) is 4.25. The van der Waals surface area contributed by atoms with Crippen molar-refractivity contribution in [2.75, 3.05) is 13.2 Å². The van der Waals surface area contributed by atoms with Crippen LogP contribution in [0.25, 0.3) is 0 Å². The highest BCUT2D eigenvalue weighted by molar-refractivity contribution is 7.89. The highest BCUT2D eigenvalue weighted by Crippen LogP contribution is 2.40. The molecule has 0 radical (unpaired) electrons. The molecule has 2 unspecified atom stereocenters. The Balaban J connectivity index is 2.51. The lowest BCUT2D eigenvalue weighted by Crippen LogP contribution is -2.59. The first-order chi connectivity index (χ1) is 13.2. The zero-order chi connectivity index (χ0) is 20.9. The number of Topliss-reactive ketones (excluding diaryl/α,β-unsaturated/α-hetero) is 1. The fourth-order valence-corrected chi connectivity index (χ4v) is 4.54. The maximum Gasteiger partial charge on any atom is 0.325 e. The summed E-state index contributed by atoms with van der Waals surface area (Å²) >= 11 is 0. The van der Waals surface area contributed by atoms with Gasteiger partial charge in [-0.05, 0) is 45.7 Å². The van der Waals surface area contributed by atoms with Gasteiger partial charge in [-0.2, -0.15) is 4.72 Å². The van der Waals surface area contributed by atoms with Gasteiger partial charge in [-0.25, -0.2) is 8.42 Å². The van der Waals surface area contributed by atoms with E-state index in [0.29, 0.717) is 6.42 Å². The molecule has 9 heteroatoms. The van der Waals surface area contributed by atoms with E-state index in [9.17, 15) is 22.8 Å². The number of rotatable bonds is 8. The number of ether oxygens (including phenoxy) is 2. The van der Waals surface area contributed by atoms with Gasteiger partial charge in [-0.3, -0.25) is 14.4 Å². The fourth-order valence-electron chi connectivity index (χ4n) is 3.31. The highest BCUT2D eigenvalue weighted by atomic mass is 32.2. The molecule has 1 aliphatic carbocycles. The second-order valence-corrected chi connectivity index (χ2v) is 8.30. The molecule has 154 valence electrons. The monoisotopic (exact) mass is 411 g/mol. The van der Waals surface area contributed by atoms with Crippen molar-refractivity contribution in [1.82, 2.24) is 4.72 Å². The molecule has 28 heavy (non-hydrogen) atoms. The molecule has 0 bridgehead atoms. The number of aryl methyl sites for hydroxylation is 1. The van der Waals surface area contributed by atoms with Crippen LogP contribution in [0.5, 0.6) is 0 Å². The first-order valence-corrected chi connectivity index (χ1v) is 10.6. The fraction of sp³-hybridized carbons (Fsp3) is 0.526. The van der Waals surface area contributed by atoms with Gasteiger partial charge in [0.1, 0.15) is 6.04 Å². The molecule has 0 spiro atoms. The van der Waals surface area contributed by atoms with Crippen LogP contribution in [-0.2, 0) is 33.9 Å². The SMILES string of the molecule is CCOC(=O)C(NS(=O)(=O)c1ccc(C)cc1)C1(C(=O)OCC)CCCC1=O. The van der Waals surface area contributed by atoms with Crippen LogP contribution in [0, 0.1) is 12.3 Å². The molecular formula is C19H25NO7S. The number of hydrogen-bond donors (Lipinski definition) is 1. The van der Waals surface area contributed by atoms with Gasteiger partial charge in [0.2, 0.25) is 10.0 Å². The Morgan fingerprint density at radius 2 is 1.75 bits per heavy atom. The van der Waals surface area contributed by atoms with E-state index in [2.05, 4.69) is 4.72 Å². The molecule has 2 atom stereocenters. The summed E-state index contributed by atoms with van der Waals surface area (Å²) in [5.41, 5.74) is -1.07. The second kappa shape index (κ2) is 8.83. The predicted molar refractivity (Wildman–Crippen MR) is 99.8 cm³/mol. The lowest BCUT2D eigenvalue weighted by molar-refractivity contribution is -0.167. The van der Waals surface area contributed by atoms with E-state index in [1.807, 2.05) is 0 Å². The largest absolute Gasteiger partial charge is 0.465 e. The standard InChI is InChI=1S/C19H25NO7S/c1-4-26-17(22)16(19(18(23)27-5-2)12-6-7-15(19)21)20-28(24,25)14-10-8-13(3)9-11-14/h8-11,16,20H,4-7,12H2,1-3H3. The lowest BCUT2D eigenvalue weighted by Gasteiger charge is -2.32. The lowest BCUT2D eigenvalue weighted by atomic mass is 9.78. The Morgan fingerprint density at radius 3 is 2.25 bits per heavy atom. The Kier molecular flexibility index (Phi) is 6.95. The van der Waals surface area contributed by atoms with Crippen molar-refractivity contribution in [3.8, 4) is 0 Å². The molecule has 1 fully saturated rings. The number of benzene rings is 1.